The average Bonchev–Trinajstić information content (AvgIpc) is 3.29. The molecular formula is C19H15N3O3S. The Labute approximate surface area is 153 Å². The molecule has 0 saturated carbocycles. The SMILES string of the molecule is CCOc1ccc2nc(NC(=O)c3ncoc3-c3ccccc3)sc2c1. The number of amides is 1. The molecule has 0 aliphatic heterocycles. The van der Waals surface area contributed by atoms with Gasteiger partial charge in [0, 0.05) is 5.56 Å². The van der Waals surface area contributed by atoms with E-state index < -0.39 is 0 Å². The van der Waals surface area contributed by atoms with Crippen LogP contribution in [0.1, 0.15) is 17.4 Å². The number of oxazole rings is 1. The molecule has 130 valence electrons. The summed E-state index contributed by atoms with van der Waals surface area (Å²) < 4.78 is 11.8. The zero-order chi connectivity index (χ0) is 17.9. The Morgan fingerprint density at radius 1 is 1.23 bits per heavy atom. The first-order chi connectivity index (χ1) is 12.7. The summed E-state index contributed by atoms with van der Waals surface area (Å²) in [6, 6.07) is 15.0. The molecule has 2 heterocycles. The van der Waals surface area contributed by atoms with Gasteiger partial charge in [-0.1, -0.05) is 41.7 Å². The van der Waals surface area contributed by atoms with Gasteiger partial charge in [-0.2, -0.15) is 0 Å². The topological polar surface area (TPSA) is 77.2 Å². The third-order valence-corrected chi connectivity index (χ3v) is 4.64. The van der Waals surface area contributed by atoms with E-state index in [0.29, 0.717) is 17.5 Å². The number of carbonyl (C=O) groups is 1. The second-order valence-electron chi connectivity index (χ2n) is 5.43. The molecule has 1 N–H and O–H groups in total. The Morgan fingerprint density at radius 3 is 2.88 bits per heavy atom. The Kier molecular flexibility index (Phi) is 4.37. The summed E-state index contributed by atoms with van der Waals surface area (Å²) >= 11 is 1.38. The van der Waals surface area contributed by atoms with Crippen LogP contribution in [-0.2, 0) is 0 Å². The summed E-state index contributed by atoms with van der Waals surface area (Å²) in [7, 11) is 0. The third-order valence-electron chi connectivity index (χ3n) is 3.71. The minimum atomic E-state index is -0.360. The maximum Gasteiger partial charge on any atom is 0.280 e. The molecule has 0 atom stereocenters. The lowest BCUT2D eigenvalue weighted by atomic mass is 10.1. The zero-order valence-corrected chi connectivity index (χ0v) is 14.7. The van der Waals surface area contributed by atoms with Crippen molar-refractivity contribution < 1.29 is 13.9 Å². The molecular weight excluding hydrogens is 350 g/mol. The van der Waals surface area contributed by atoms with Crippen LogP contribution in [0.2, 0.25) is 0 Å². The van der Waals surface area contributed by atoms with E-state index in [4.69, 9.17) is 9.15 Å². The van der Waals surface area contributed by atoms with Crippen LogP contribution in [-0.4, -0.2) is 22.5 Å². The molecule has 0 unspecified atom stereocenters. The molecule has 0 aliphatic carbocycles. The van der Waals surface area contributed by atoms with Crippen molar-refractivity contribution in [3.63, 3.8) is 0 Å². The molecule has 4 rings (SSSR count). The van der Waals surface area contributed by atoms with Crippen molar-refractivity contribution in [1.29, 1.82) is 0 Å². The van der Waals surface area contributed by atoms with Gasteiger partial charge in [0.05, 0.1) is 16.8 Å². The first kappa shape index (κ1) is 16.3. The summed E-state index contributed by atoms with van der Waals surface area (Å²) in [6.45, 7) is 2.53. The molecule has 4 aromatic rings. The molecule has 0 aliphatic rings. The lowest BCUT2D eigenvalue weighted by Crippen LogP contribution is -2.13. The molecule has 0 fully saturated rings. The fourth-order valence-electron chi connectivity index (χ4n) is 2.57. The van der Waals surface area contributed by atoms with Gasteiger partial charge >= 0.3 is 0 Å². The molecule has 7 heteroatoms. The number of thiazole rings is 1. The quantitative estimate of drug-likeness (QED) is 0.559. The van der Waals surface area contributed by atoms with Crippen molar-refractivity contribution in [2.75, 3.05) is 11.9 Å². The van der Waals surface area contributed by atoms with E-state index in [1.165, 1.54) is 17.7 Å². The second kappa shape index (κ2) is 6.97. The maximum atomic E-state index is 12.6. The molecule has 2 aromatic carbocycles. The number of hydrogen-bond donors (Lipinski definition) is 1. The lowest BCUT2D eigenvalue weighted by Gasteiger charge is -2.01. The van der Waals surface area contributed by atoms with Gasteiger partial charge < -0.3 is 9.15 Å². The van der Waals surface area contributed by atoms with E-state index in [9.17, 15) is 4.79 Å². The highest BCUT2D eigenvalue weighted by Gasteiger charge is 2.19. The number of anilines is 1. The highest BCUT2D eigenvalue weighted by molar-refractivity contribution is 7.22. The van der Waals surface area contributed by atoms with Gasteiger partial charge in [-0.15, -0.1) is 0 Å². The Morgan fingerprint density at radius 2 is 2.08 bits per heavy atom. The van der Waals surface area contributed by atoms with Crippen molar-refractivity contribution in [3.05, 3.63) is 60.6 Å². The van der Waals surface area contributed by atoms with Crippen LogP contribution in [0.5, 0.6) is 5.75 Å². The van der Waals surface area contributed by atoms with Gasteiger partial charge in [0.25, 0.3) is 5.91 Å². The van der Waals surface area contributed by atoms with Crippen LogP contribution < -0.4 is 10.1 Å². The normalized spacial score (nSPS) is 10.8. The predicted octanol–water partition coefficient (Wildman–Crippen LogP) is 4.60. The van der Waals surface area contributed by atoms with Crippen molar-refractivity contribution >= 4 is 32.6 Å². The zero-order valence-electron chi connectivity index (χ0n) is 13.9. The first-order valence-corrected chi connectivity index (χ1v) is 8.90. The second-order valence-corrected chi connectivity index (χ2v) is 6.46. The maximum absolute atomic E-state index is 12.6. The monoisotopic (exact) mass is 365 g/mol. The molecule has 1 amide bonds. The van der Waals surface area contributed by atoms with Gasteiger partial charge in [-0.3, -0.25) is 10.1 Å². The Bertz CT molecular complexity index is 1060. The third kappa shape index (κ3) is 3.16. The molecule has 0 radical (unpaired) electrons. The fraction of sp³-hybridized carbons (Fsp3) is 0.105. The number of carbonyl (C=O) groups excluding carboxylic acids is 1. The number of hydrogen-bond acceptors (Lipinski definition) is 6. The highest BCUT2D eigenvalue weighted by atomic mass is 32.1. The van der Waals surface area contributed by atoms with E-state index in [1.807, 2.05) is 55.5 Å². The number of ether oxygens (including phenoxy) is 1. The fourth-order valence-corrected chi connectivity index (χ4v) is 3.46. The van der Waals surface area contributed by atoms with Crippen molar-refractivity contribution in [1.82, 2.24) is 9.97 Å². The lowest BCUT2D eigenvalue weighted by molar-refractivity contribution is 0.102. The minimum absolute atomic E-state index is 0.227. The van der Waals surface area contributed by atoms with E-state index in [2.05, 4.69) is 15.3 Å². The first-order valence-electron chi connectivity index (χ1n) is 8.08. The van der Waals surface area contributed by atoms with Crippen LogP contribution in [0.3, 0.4) is 0 Å². The number of nitrogens with one attached hydrogen (secondary N) is 1. The number of rotatable bonds is 5. The number of benzene rings is 2. The van der Waals surface area contributed by atoms with Gasteiger partial charge in [0.1, 0.15) is 5.75 Å². The highest BCUT2D eigenvalue weighted by Crippen LogP contribution is 2.30. The predicted molar refractivity (Wildman–Crippen MR) is 101 cm³/mol. The summed E-state index contributed by atoms with van der Waals surface area (Å²) in [6.07, 6.45) is 1.27. The van der Waals surface area contributed by atoms with Crippen LogP contribution in [0, 0.1) is 0 Å². The van der Waals surface area contributed by atoms with Gasteiger partial charge in [-0.05, 0) is 25.1 Å². The number of nitrogens with zero attached hydrogens (tertiary/aromatic N) is 2. The van der Waals surface area contributed by atoms with Gasteiger partial charge in [-0.25, -0.2) is 9.97 Å². The van der Waals surface area contributed by atoms with Crippen LogP contribution >= 0.6 is 11.3 Å². The summed E-state index contributed by atoms with van der Waals surface area (Å²) in [5.41, 5.74) is 1.82. The van der Waals surface area contributed by atoms with Crippen molar-refractivity contribution in [2.45, 2.75) is 6.92 Å². The summed E-state index contributed by atoms with van der Waals surface area (Å²) in [5, 5.41) is 3.30. The van der Waals surface area contributed by atoms with E-state index >= 15 is 0 Å². The summed E-state index contributed by atoms with van der Waals surface area (Å²) in [5.74, 6) is 0.855. The molecule has 0 bridgehead atoms. The van der Waals surface area contributed by atoms with E-state index in [-0.39, 0.29) is 11.6 Å². The van der Waals surface area contributed by atoms with Crippen LogP contribution in [0.4, 0.5) is 5.13 Å². The van der Waals surface area contributed by atoms with Gasteiger partial charge in [0.15, 0.2) is 23.0 Å². The van der Waals surface area contributed by atoms with Crippen LogP contribution in [0.25, 0.3) is 21.5 Å². The number of aromatic nitrogens is 2. The van der Waals surface area contributed by atoms with E-state index in [0.717, 1.165) is 21.5 Å². The largest absolute Gasteiger partial charge is 0.494 e. The minimum Gasteiger partial charge on any atom is -0.494 e. The molecule has 6 nitrogen and oxygen atoms in total. The van der Waals surface area contributed by atoms with Crippen molar-refractivity contribution in [3.8, 4) is 17.1 Å². The molecule has 0 spiro atoms. The summed E-state index contributed by atoms with van der Waals surface area (Å²) in [4.78, 5) is 21.1. The Balaban J connectivity index is 1.59. The molecule has 0 saturated heterocycles. The number of fused-ring (bicyclic) bond motifs is 1. The van der Waals surface area contributed by atoms with Crippen LogP contribution in [0.15, 0.2) is 59.3 Å². The van der Waals surface area contributed by atoms with Crippen molar-refractivity contribution in [2.24, 2.45) is 0 Å². The Hall–Kier alpha value is -3.19. The van der Waals surface area contributed by atoms with Gasteiger partial charge in [0.2, 0.25) is 0 Å². The standard InChI is InChI=1S/C19H15N3O3S/c1-2-24-13-8-9-14-15(10-13)26-19(21-14)22-18(23)16-17(25-11-20-16)12-6-4-3-5-7-12/h3-11H,2H2,1H3,(H,21,22,23). The van der Waals surface area contributed by atoms with E-state index in [1.54, 1.807) is 0 Å². The molecule has 26 heavy (non-hydrogen) atoms. The molecule has 2 aromatic heterocycles. The average molecular weight is 365 g/mol. The smallest absolute Gasteiger partial charge is 0.280 e.